The molecule has 2 heterocycles. The van der Waals surface area contributed by atoms with E-state index < -0.39 is 0 Å². The molecule has 0 bridgehead atoms. The largest absolute Gasteiger partial charge is 0.251 e. The summed E-state index contributed by atoms with van der Waals surface area (Å²) in [7, 11) is 0. The molecule has 0 radical (unpaired) electrons. The highest BCUT2D eigenvalue weighted by molar-refractivity contribution is 7.17. The SMILES string of the molecule is Cc1ccc(-n2cc(-c3nnc(-c4ccc(COO)cc4)s3)cn2)cc1. The van der Waals surface area contributed by atoms with Crippen molar-refractivity contribution < 1.29 is 10.1 Å². The lowest BCUT2D eigenvalue weighted by atomic mass is 10.1. The molecule has 0 unspecified atom stereocenters. The second-order valence-corrected chi connectivity index (χ2v) is 6.87. The topological polar surface area (TPSA) is 73.1 Å². The normalized spacial score (nSPS) is 11.0. The quantitative estimate of drug-likeness (QED) is 0.421. The van der Waals surface area contributed by atoms with Crippen LogP contribution in [0.3, 0.4) is 0 Å². The van der Waals surface area contributed by atoms with Crippen LogP contribution in [0.4, 0.5) is 0 Å². The highest BCUT2D eigenvalue weighted by Gasteiger charge is 2.11. The molecule has 4 aromatic rings. The first-order valence-electron chi connectivity index (χ1n) is 8.04. The Bertz CT molecular complexity index is 1010. The number of aryl methyl sites for hydroxylation is 1. The maximum atomic E-state index is 8.51. The molecule has 0 spiro atoms. The molecule has 0 amide bonds. The third-order valence-electron chi connectivity index (χ3n) is 3.99. The third-order valence-corrected chi connectivity index (χ3v) is 5.01. The number of hydrogen-bond donors (Lipinski definition) is 1. The van der Waals surface area contributed by atoms with Crippen molar-refractivity contribution in [2.24, 2.45) is 0 Å². The second kappa shape index (κ2) is 7.17. The van der Waals surface area contributed by atoms with Gasteiger partial charge in [-0.1, -0.05) is 53.3 Å². The summed E-state index contributed by atoms with van der Waals surface area (Å²) in [6, 6.07) is 15.9. The van der Waals surface area contributed by atoms with Crippen molar-refractivity contribution in [1.29, 1.82) is 0 Å². The average molecular weight is 364 g/mol. The number of hydrogen-bond acceptors (Lipinski definition) is 6. The number of rotatable bonds is 5. The number of benzene rings is 2. The fourth-order valence-electron chi connectivity index (χ4n) is 2.55. The van der Waals surface area contributed by atoms with Crippen molar-refractivity contribution in [2.75, 3.05) is 0 Å². The lowest BCUT2D eigenvalue weighted by Crippen LogP contribution is -1.93. The van der Waals surface area contributed by atoms with Gasteiger partial charge in [0.25, 0.3) is 0 Å². The van der Waals surface area contributed by atoms with Gasteiger partial charge in [0.15, 0.2) is 5.01 Å². The van der Waals surface area contributed by atoms with Crippen molar-refractivity contribution in [3.63, 3.8) is 0 Å². The van der Waals surface area contributed by atoms with Crippen LogP contribution in [-0.4, -0.2) is 25.2 Å². The summed E-state index contributed by atoms with van der Waals surface area (Å²) in [6.45, 7) is 2.23. The van der Waals surface area contributed by atoms with Crippen LogP contribution >= 0.6 is 11.3 Å². The average Bonchev–Trinajstić information content (AvgIpc) is 3.33. The maximum Gasteiger partial charge on any atom is 0.151 e. The van der Waals surface area contributed by atoms with E-state index in [4.69, 9.17) is 5.26 Å². The molecular weight excluding hydrogens is 348 g/mol. The van der Waals surface area contributed by atoms with E-state index in [1.165, 1.54) is 16.9 Å². The summed E-state index contributed by atoms with van der Waals surface area (Å²) in [4.78, 5) is 4.15. The molecule has 0 aliphatic carbocycles. The van der Waals surface area contributed by atoms with Gasteiger partial charge >= 0.3 is 0 Å². The maximum absolute atomic E-state index is 8.51. The monoisotopic (exact) mass is 364 g/mol. The van der Waals surface area contributed by atoms with Crippen LogP contribution in [0.2, 0.25) is 0 Å². The van der Waals surface area contributed by atoms with E-state index in [2.05, 4.69) is 39.2 Å². The molecule has 2 aromatic heterocycles. The van der Waals surface area contributed by atoms with Gasteiger partial charge in [-0.2, -0.15) is 5.10 Å². The molecule has 1 N–H and O–H groups in total. The summed E-state index contributed by atoms with van der Waals surface area (Å²) in [5.74, 6) is 0. The highest BCUT2D eigenvalue weighted by Crippen LogP contribution is 2.30. The van der Waals surface area contributed by atoms with Gasteiger partial charge in [0.1, 0.15) is 11.6 Å². The molecule has 2 aromatic carbocycles. The van der Waals surface area contributed by atoms with Crippen molar-refractivity contribution in [1.82, 2.24) is 20.0 Å². The van der Waals surface area contributed by atoms with Crippen LogP contribution in [0.15, 0.2) is 60.9 Å². The van der Waals surface area contributed by atoms with Crippen LogP contribution < -0.4 is 0 Å². The van der Waals surface area contributed by atoms with Gasteiger partial charge in [0, 0.05) is 11.8 Å². The van der Waals surface area contributed by atoms with Gasteiger partial charge in [-0.25, -0.2) is 9.57 Å². The first kappa shape index (κ1) is 16.6. The summed E-state index contributed by atoms with van der Waals surface area (Å²) in [5.41, 5.74) is 5.01. The molecule has 6 nitrogen and oxygen atoms in total. The molecule has 26 heavy (non-hydrogen) atoms. The van der Waals surface area contributed by atoms with Crippen molar-refractivity contribution in [3.8, 4) is 26.8 Å². The van der Waals surface area contributed by atoms with E-state index in [1.54, 1.807) is 6.20 Å². The van der Waals surface area contributed by atoms with E-state index in [0.29, 0.717) is 0 Å². The fourth-order valence-corrected chi connectivity index (χ4v) is 3.37. The summed E-state index contributed by atoms with van der Waals surface area (Å²) in [5, 5.41) is 23.2. The Morgan fingerprint density at radius 2 is 1.65 bits per heavy atom. The van der Waals surface area contributed by atoms with Crippen LogP contribution in [0.1, 0.15) is 11.1 Å². The molecule has 0 saturated heterocycles. The van der Waals surface area contributed by atoms with Gasteiger partial charge in [0.2, 0.25) is 0 Å². The van der Waals surface area contributed by atoms with E-state index in [0.717, 1.165) is 32.4 Å². The molecule has 0 atom stereocenters. The van der Waals surface area contributed by atoms with E-state index >= 15 is 0 Å². The predicted molar refractivity (Wildman–Crippen MR) is 100 cm³/mol. The molecule has 4 rings (SSSR count). The van der Waals surface area contributed by atoms with Crippen LogP contribution in [0.5, 0.6) is 0 Å². The van der Waals surface area contributed by atoms with Gasteiger partial charge in [-0.15, -0.1) is 10.2 Å². The zero-order valence-corrected chi connectivity index (χ0v) is 14.8. The summed E-state index contributed by atoms with van der Waals surface area (Å²) in [6.07, 6.45) is 3.75. The van der Waals surface area contributed by atoms with E-state index in [1.807, 2.05) is 47.3 Å². The van der Waals surface area contributed by atoms with Crippen LogP contribution in [0.25, 0.3) is 26.8 Å². The van der Waals surface area contributed by atoms with Crippen molar-refractivity contribution in [2.45, 2.75) is 13.5 Å². The van der Waals surface area contributed by atoms with E-state index in [-0.39, 0.29) is 6.61 Å². The zero-order chi connectivity index (χ0) is 17.9. The first-order valence-corrected chi connectivity index (χ1v) is 8.86. The van der Waals surface area contributed by atoms with Gasteiger partial charge in [-0.3, -0.25) is 5.26 Å². The molecular formula is C19H16N4O2S. The van der Waals surface area contributed by atoms with Gasteiger partial charge < -0.3 is 0 Å². The van der Waals surface area contributed by atoms with Gasteiger partial charge in [0.05, 0.1) is 17.4 Å². The standard InChI is InChI=1S/C19H16N4O2S/c1-13-2-8-17(9-3-13)23-11-16(10-20-23)19-22-21-18(26-19)15-6-4-14(5-7-15)12-25-24/h2-11,24H,12H2,1H3. The highest BCUT2D eigenvalue weighted by atomic mass is 32.1. The van der Waals surface area contributed by atoms with E-state index in [9.17, 15) is 0 Å². The number of aromatic nitrogens is 4. The molecule has 7 heteroatoms. The predicted octanol–water partition coefficient (Wildman–Crippen LogP) is 4.36. The Hall–Kier alpha value is -2.87. The number of nitrogens with zero attached hydrogens (tertiary/aromatic N) is 4. The Balaban J connectivity index is 1.57. The van der Waals surface area contributed by atoms with Crippen molar-refractivity contribution in [3.05, 3.63) is 72.1 Å². The van der Waals surface area contributed by atoms with Crippen molar-refractivity contribution >= 4 is 11.3 Å². The molecule has 0 aliphatic heterocycles. The first-order chi connectivity index (χ1) is 12.7. The fraction of sp³-hybridized carbons (Fsp3) is 0.105. The minimum absolute atomic E-state index is 0.167. The summed E-state index contributed by atoms with van der Waals surface area (Å²) < 4.78 is 1.83. The zero-order valence-electron chi connectivity index (χ0n) is 14.0. The molecule has 0 fully saturated rings. The Morgan fingerprint density at radius 1 is 0.962 bits per heavy atom. The lowest BCUT2D eigenvalue weighted by Gasteiger charge is -2.00. The second-order valence-electron chi connectivity index (χ2n) is 5.89. The molecule has 0 aliphatic rings. The van der Waals surface area contributed by atoms with Crippen LogP contribution in [-0.2, 0) is 11.5 Å². The lowest BCUT2D eigenvalue weighted by molar-refractivity contribution is -0.253. The Labute approximate surface area is 154 Å². The smallest absolute Gasteiger partial charge is 0.151 e. The molecule has 130 valence electrons. The van der Waals surface area contributed by atoms with Gasteiger partial charge in [-0.05, 0) is 24.6 Å². The Morgan fingerprint density at radius 3 is 2.35 bits per heavy atom. The third kappa shape index (κ3) is 3.41. The molecule has 0 saturated carbocycles. The Kier molecular flexibility index (Phi) is 4.57. The minimum atomic E-state index is 0.167. The summed E-state index contributed by atoms with van der Waals surface area (Å²) >= 11 is 1.51. The van der Waals surface area contributed by atoms with Crippen LogP contribution in [0, 0.1) is 6.92 Å². The minimum Gasteiger partial charge on any atom is -0.251 e.